The minimum Gasteiger partial charge on any atom is -0.286 e. The summed E-state index contributed by atoms with van der Waals surface area (Å²) < 4.78 is 86.1. The molecular formula is C18H24N3O15P3. The molecule has 21 heteroatoms. The van der Waals surface area contributed by atoms with E-state index < -0.39 is 56.8 Å². The molecule has 10 rings (SSSR count). The summed E-state index contributed by atoms with van der Waals surface area (Å²) in [4.78, 5) is 41.2. The number of phosphoric acid groups is 3. The summed E-state index contributed by atoms with van der Waals surface area (Å²) in [5, 5.41) is 0. The largest absolute Gasteiger partial charge is 0.474 e. The third-order valence-corrected chi connectivity index (χ3v) is 11.6. The Hall–Kier alpha value is -1.26. The lowest BCUT2D eigenvalue weighted by atomic mass is 9.90. The zero-order valence-electron chi connectivity index (χ0n) is 20.3. The maximum Gasteiger partial charge on any atom is 0.474 e. The first-order chi connectivity index (χ1) is 18.4. The van der Waals surface area contributed by atoms with E-state index in [9.17, 15) is 28.1 Å². The van der Waals surface area contributed by atoms with E-state index in [-0.39, 0.29) is 79.1 Å². The monoisotopic (exact) mass is 615 g/mol. The number of fused-ring (bicyclic) bond motifs is 9. The maximum atomic E-state index is 13.7. The van der Waals surface area contributed by atoms with Gasteiger partial charge in [0.25, 0.3) is 0 Å². The Morgan fingerprint density at radius 1 is 0.436 bits per heavy atom. The van der Waals surface area contributed by atoms with Crippen LogP contribution in [0, 0.1) is 16.2 Å². The molecule has 0 unspecified atom stereocenters. The van der Waals surface area contributed by atoms with Crippen LogP contribution in [0.25, 0.3) is 0 Å². The molecule has 18 nitrogen and oxygen atoms in total. The van der Waals surface area contributed by atoms with E-state index >= 15 is 0 Å². The first kappa shape index (κ1) is 26.6. The van der Waals surface area contributed by atoms with Gasteiger partial charge in [-0.05, 0) is 0 Å². The van der Waals surface area contributed by atoms with Crippen molar-refractivity contribution >= 4 is 23.5 Å². The predicted octanol–water partition coefficient (Wildman–Crippen LogP) is -0.314. The van der Waals surface area contributed by atoms with Crippen molar-refractivity contribution in [3.05, 3.63) is 31.5 Å². The minimum atomic E-state index is -3.66. The summed E-state index contributed by atoms with van der Waals surface area (Å²) in [5.74, 6) is 0. The molecule has 0 radical (unpaired) electrons. The molecule has 0 spiro atoms. The molecule has 0 N–H and O–H groups in total. The average Bonchev–Trinajstić information content (AvgIpc) is 2.95. The molecule has 1 aromatic rings. The van der Waals surface area contributed by atoms with E-state index in [0.29, 0.717) is 0 Å². The van der Waals surface area contributed by atoms with Crippen LogP contribution in [-0.4, -0.2) is 73.2 Å². The van der Waals surface area contributed by atoms with E-state index in [1.807, 2.05) is 0 Å². The van der Waals surface area contributed by atoms with Crippen LogP contribution in [0.1, 0.15) is 0 Å². The minimum absolute atomic E-state index is 0.0984. The van der Waals surface area contributed by atoms with Gasteiger partial charge in [-0.2, -0.15) is 0 Å². The van der Waals surface area contributed by atoms with Crippen molar-refractivity contribution in [2.45, 2.75) is 19.6 Å². The molecule has 0 aliphatic carbocycles. The fraction of sp³-hybridized carbons (Fsp3) is 0.833. The molecular weight excluding hydrogens is 591 g/mol. The molecule has 9 saturated heterocycles. The van der Waals surface area contributed by atoms with Crippen molar-refractivity contribution in [2.24, 2.45) is 16.2 Å². The Kier molecular flexibility index (Phi) is 5.89. The molecule has 1 aromatic heterocycles. The van der Waals surface area contributed by atoms with Gasteiger partial charge in [-0.25, -0.2) is 41.8 Å². The van der Waals surface area contributed by atoms with E-state index in [2.05, 4.69) is 0 Å². The highest BCUT2D eigenvalue weighted by atomic mass is 31.2. The first-order valence-electron chi connectivity index (χ1n) is 11.9. The lowest BCUT2D eigenvalue weighted by Crippen LogP contribution is -2.62. The highest BCUT2D eigenvalue weighted by Crippen LogP contribution is 2.62. The second-order valence-corrected chi connectivity index (χ2v) is 15.9. The Balaban J connectivity index is 1.30. The van der Waals surface area contributed by atoms with Crippen LogP contribution in [0.5, 0.6) is 0 Å². The highest BCUT2D eigenvalue weighted by molar-refractivity contribution is 7.49. The molecule has 6 bridgehead atoms. The Labute approximate surface area is 218 Å². The van der Waals surface area contributed by atoms with Gasteiger partial charge in [0.15, 0.2) is 0 Å². The van der Waals surface area contributed by atoms with Crippen LogP contribution < -0.4 is 17.1 Å². The van der Waals surface area contributed by atoms with Crippen molar-refractivity contribution in [1.29, 1.82) is 0 Å². The average molecular weight is 615 g/mol. The Bertz CT molecular complexity index is 1260. The van der Waals surface area contributed by atoms with Crippen molar-refractivity contribution in [2.75, 3.05) is 59.5 Å². The van der Waals surface area contributed by atoms with Gasteiger partial charge in [-0.3, -0.25) is 40.7 Å². The summed E-state index contributed by atoms with van der Waals surface area (Å²) in [6.45, 7) is -1.71. The smallest absolute Gasteiger partial charge is 0.286 e. The number of nitrogens with zero attached hydrogens (tertiary/aromatic N) is 3. The van der Waals surface area contributed by atoms with Gasteiger partial charge in [0.05, 0.1) is 75.7 Å². The molecule has 0 aromatic carbocycles. The van der Waals surface area contributed by atoms with Gasteiger partial charge in [-0.15, -0.1) is 0 Å². The van der Waals surface area contributed by atoms with Gasteiger partial charge < -0.3 is 0 Å². The van der Waals surface area contributed by atoms with Crippen molar-refractivity contribution < 1.29 is 54.4 Å². The van der Waals surface area contributed by atoms with E-state index in [1.165, 1.54) is 0 Å². The Morgan fingerprint density at radius 3 is 0.795 bits per heavy atom. The number of hydrogen-bond donors (Lipinski definition) is 0. The SMILES string of the molecule is O=c1n(CC23COP(=O)(OC2)OC3)c(=O)n(CC23COP(=O)(OC2)OC3)c(=O)n1CC12COP(=O)(OC1)OC2. The fourth-order valence-electron chi connectivity index (χ4n) is 5.16. The van der Waals surface area contributed by atoms with Gasteiger partial charge in [-0.1, -0.05) is 0 Å². The quantitative estimate of drug-likeness (QED) is 0.377. The molecule has 0 saturated carbocycles. The Morgan fingerprint density at radius 2 is 0.615 bits per heavy atom. The van der Waals surface area contributed by atoms with Crippen LogP contribution in [0.4, 0.5) is 0 Å². The molecule has 39 heavy (non-hydrogen) atoms. The van der Waals surface area contributed by atoms with Gasteiger partial charge >= 0.3 is 40.5 Å². The number of phosphoric ester groups is 3. The molecule has 216 valence electrons. The lowest BCUT2D eigenvalue weighted by Gasteiger charge is -2.45. The van der Waals surface area contributed by atoms with Crippen molar-refractivity contribution in [3.8, 4) is 0 Å². The highest BCUT2D eigenvalue weighted by Gasteiger charge is 2.54. The third kappa shape index (κ3) is 4.37. The first-order valence-corrected chi connectivity index (χ1v) is 16.3. The molecule has 0 amide bonds. The van der Waals surface area contributed by atoms with E-state index in [0.717, 1.165) is 13.7 Å². The standard InChI is InChI=1S/C18H24N3O15P3/c22-13-19(1-16-4-28-37(25,29-5-16)30-6-16)14(23)21(3-18-10-34-39(27,35-11-18)36-12-18)15(24)20(13)2-17-7-31-38(26,32-8-17)33-9-17/h1-12H2. The van der Waals surface area contributed by atoms with Gasteiger partial charge in [0.1, 0.15) is 0 Å². The lowest BCUT2D eigenvalue weighted by molar-refractivity contribution is -0.108. The van der Waals surface area contributed by atoms with E-state index in [1.54, 1.807) is 0 Å². The van der Waals surface area contributed by atoms with Crippen LogP contribution >= 0.6 is 23.5 Å². The fourth-order valence-corrected chi connectivity index (χ4v) is 9.72. The number of aromatic nitrogens is 3. The number of hydrogen-bond acceptors (Lipinski definition) is 15. The van der Waals surface area contributed by atoms with Crippen LogP contribution in [0.3, 0.4) is 0 Å². The molecule has 9 aliphatic rings. The van der Waals surface area contributed by atoms with Gasteiger partial charge in [0, 0.05) is 19.6 Å². The second-order valence-electron chi connectivity index (χ2n) is 10.9. The maximum absolute atomic E-state index is 13.7. The molecule has 0 atom stereocenters. The summed E-state index contributed by atoms with van der Waals surface area (Å²) in [5.41, 5.74) is -5.87. The third-order valence-electron chi connectivity index (χ3n) is 7.63. The molecule has 10 heterocycles. The number of rotatable bonds is 6. The second kappa shape index (κ2) is 8.63. The predicted molar refractivity (Wildman–Crippen MR) is 123 cm³/mol. The summed E-state index contributed by atoms with van der Waals surface area (Å²) in [7, 11) is -11.0. The summed E-state index contributed by atoms with van der Waals surface area (Å²) in [6, 6.07) is 0. The van der Waals surface area contributed by atoms with Crippen LogP contribution in [0.2, 0.25) is 0 Å². The van der Waals surface area contributed by atoms with Crippen molar-refractivity contribution in [3.63, 3.8) is 0 Å². The normalized spacial score (nSPS) is 44.6. The van der Waals surface area contributed by atoms with Crippen LogP contribution in [-0.2, 0) is 74.0 Å². The summed E-state index contributed by atoms with van der Waals surface area (Å²) >= 11 is 0. The topological polar surface area (TPSA) is 200 Å². The van der Waals surface area contributed by atoms with Gasteiger partial charge in [0.2, 0.25) is 0 Å². The molecule has 9 fully saturated rings. The summed E-state index contributed by atoms with van der Waals surface area (Å²) in [6.07, 6.45) is 0. The van der Waals surface area contributed by atoms with E-state index in [4.69, 9.17) is 40.7 Å². The molecule has 9 aliphatic heterocycles. The zero-order chi connectivity index (χ0) is 27.3. The van der Waals surface area contributed by atoms with Crippen LogP contribution in [0.15, 0.2) is 14.4 Å². The van der Waals surface area contributed by atoms with Crippen molar-refractivity contribution in [1.82, 2.24) is 13.7 Å². The zero-order valence-corrected chi connectivity index (χ0v) is 23.0.